The molecule has 0 aliphatic heterocycles. The Bertz CT molecular complexity index is 352. The number of unbranched alkanes of at least 4 members (excludes halogenated alkanes) is 1. The van der Waals surface area contributed by atoms with Gasteiger partial charge < -0.3 is 10.5 Å². The molecule has 0 spiro atoms. The molecule has 16 heavy (non-hydrogen) atoms. The molecule has 0 aliphatic carbocycles. The van der Waals surface area contributed by atoms with Crippen molar-refractivity contribution < 1.29 is 4.74 Å². The van der Waals surface area contributed by atoms with E-state index >= 15 is 0 Å². The van der Waals surface area contributed by atoms with Crippen molar-refractivity contribution in [1.82, 2.24) is 0 Å². The zero-order valence-electron chi connectivity index (χ0n) is 9.58. The number of ether oxygens (including phenoxy) is 1. The van der Waals surface area contributed by atoms with Crippen molar-refractivity contribution in [3.8, 4) is 5.75 Å². The van der Waals surface area contributed by atoms with Gasteiger partial charge in [0.05, 0.1) is 7.11 Å². The maximum absolute atomic E-state index is 6.10. The summed E-state index contributed by atoms with van der Waals surface area (Å²) in [5.41, 5.74) is 7.12. The molecule has 1 aromatic carbocycles. The quantitative estimate of drug-likeness (QED) is 0.607. The molecule has 0 heterocycles. The van der Waals surface area contributed by atoms with E-state index < -0.39 is 0 Å². The summed E-state index contributed by atoms with van der Waals surface area (Å²) in [7, 11) is 1.63. The third kappa shape index (κ3) is 3.54. The predicted molar refractivity (Wildman–Crippen MR) is 69.0 cm³/mol. The molecule has 1 aromatic rings. The van der Waals surface area contributed by atoms with E-state index in [1.165, 1.54) is 0 Å². The average Bonchev–Trinajstić information content (AvgIpc) is 2.29. The SMILES string of the molecule is C=CCCCC(N)c1ccc(Cl)cc1OC. The molecule has 1 rings (SSSR count). The molecule has 0 radical (unpaired) electrons. The zero-order valence-corrected chi connectivity index (χ0v) is 10.3. The maximum atomic E-state index is 6.10. The summed E-state index contributed by atoms with van der Waals surface area (Å²) < 4.78 is 5.27. The van der Waals surface area contributed by atoms with Crippen LogP contribution in [-0.4, -0.2) is 7.11 Å². The Labute approximate surface area is 102 Å². The number of nitrogens with two attached hydrogens (primary N) is 1. The van der Waals surface area contributed by atoms with E-state index in [0.29, 0.717) is 5.02 Å². The van der Waals surface area contributed by atoms with Crippen molar-refractivity contribution in [2.24, 2.45) is 5.73 Å². The van der Waals surface area contributed by atoms with Crippen molar-refractivity contribution in [2.45, 2.75) is 25.3 Å². The first kappa shape index (κ1) is 13.1. The average molecular weight is 240 g/mol. The predicted octanol–water partition coefficient (Wildman–Crippen LogP) is 3.70. The second-order valence-electron chi connectivity index (χ2n) is 3.71. The molecular formula is C13H18ClNO. The van der Waals surface area contributed by atoms with Gasteiger partial charge in [0.15, 0.2) is 0 Å². The Kier molecular flexibility index (Phi) is 5.36. The van der Waals surface area contributed by atoms with Crippen molar-refractivity contribution in [3.63, 3.8) is 0 Å². The number of allylic oxidation sites excluding steroid dienone is 1. The van der Waals surface area contributed by atoms with Gasteiger partial charge in [0.25, 0.3) is 0 Å². The fraction of sp³-hybridized carbons (Fsp3) is 0.385. The van der Waals surface area contributed by atoms with Crippen LogP contribution in [0.4, 0.5) is 0 Å². The standard InChI is InChI=1S/C13H18ClNO/c1-3-4-5-6-12(15)11-8-7-10(14)9-13(11)16-2/h3,7-9,12H,1,4-6,15H2,2H3. The first-order valence-corrected chi connectivity index (χ1v) is 5.76. The van der Waals surface area contributed by atoms with Crippen molar-refractivity contribution in [1.29, 1.82) is 0 Å². The van der Waals surface area contributed by atoms with Gasteiger partial charge in [-0.05, 0) is 31.4 Å². The number of hydrogen-bond acceptors (Lipinski definition) is 2. The molecule has 88 valence electrons. The zero-order chi connectivity index (χ0) is 12.0. The number of methoxy groups -OCH3 is 1. The van der Waals surface area contributed by atoms with Crippen LogP contribution in [0.15, 0.2) is 30.9 Å². The van der Waals surface area contributed by atoms with Gasteiger partial charge in [0.1, 0.15) is 5.75 Å². The summed E-state index contributed by atoms with van der Waals surface area (Å²) in [6.45, 7) is 3.69. The monoisotopic (exact) mass is 239 g/mol. The molecule has 1 atom stereocenters. The van der Waals surface area contributed by atoms with Crippen LogP contribution in [0.25, 0.3) is 0 Å². The third-order valence-electron chi connectivity index (χ3n) is 2.52. The summed E-state index contributed by atoms with van der Waals surface area (Å²) in [5, 5.41) is 0.666. The van der Waals surface area contributed by atoms with Gasteiger partial charge in [-0.3, -0.25) is 0 Å². The Hall–Kier alpha value is -0.990. The van der Waals surface area contributed by atoms with Crippen molar-refractivity contribution in [3.05, 3.63) is 41.4 Å². The second-order valence-corrected chi connectivity index (χ2v) is 4.15. The fourth-order valence-corrected chi connectivity index (χ4v) is 1.79. The van der Waals surface area contributed by atoms with E-state index in [0.717, 1.165) is 30.6 Å². The Morgan fingerprint density at radius 3 is 2.94 bits per heavy atom. The van der Waals surface area contributed by atoms with Crippen LogP contribution in [0.5, 0.6) is 5.75 Å². The smallest absolute Gasteiger partial charge is 0.125 e. The number of halogens is 1. The van der Waals surface area contributed by atoms with Crippen LogP contribution in [0, 0.1) is 0 Å². The Morgan fingerprint density at radius 1 is 1.56 bits per heavy atom. The highest BCUT2D eigenvalue weighted by atomic mass is 35.5. The second kappa shape index (κ2) is 6.56. The van der Waals surface area contributed by atoms with Gasteiger partial charge in [-0.1, -0.05) is 23.7 Å². The fourth-order valence-electron chi connectivity index (χ4n) is 1.63. The van der Waals surface area contributed by atoms with E-state index in [-0.39, 0.29) is 6.04 Å². The highest BCUT2D eigenvalue weighted by molar-refractivity contribution is 6.30. The van der Waals surface area contributed by atoms with Crippen LogP contribution in [0.2, 0.25) is 5.02 Å². The lowest BCUT2D eigenvalue weighted by Crippen LogP contribution is -2.11. The lowest BCUT2D eigenvalue weighted by molar-refractivity contribution is 0.403. The molecule has 1 unspecified atom stereocenters. The molecule has 3 heteroatoms. The number of rotatable bonds is 6. The summed E-state index contributed by atoms with van der Waals surface area (Å²) >= 11 is 5.89. The highest BCUT2D eigenvalue weighted by Crippen LogP contribution is 2.29. The summed E-state index contributed by atoms with van der Waals surface area (Å²) in [4.78, 5) is 0. The maximum Gasteiger partial charge on any atom is 0.125 e. The molecule has 0 bridgehead atoms. The first-order valence-electron chi connectivity index (χ1n) is 5.39. The normalized spacial score (nSPS) is 12.2. The molecule has 2 N–H and O–H groups in total. The molecule has 0 aromatic heterocycles. The van der Waals surface area contributed by atoms with Gasteiger partial charge in [-0.2, -0.15) is 0 Å². The summed E-state index contributed by atoms with van der Waals surface area (Å²) in [6.07, 6.45) is 4.86. The lowest BCUT2D eigenvalue weighted by atomic mass is 10.0. The van der Waals surface area contributed by atoms with E-state index in [1.807, 2.05) is 18.2 Å². The van der Waals surface area contributed by atoms with Gasteiger partial charge in [-0.25, -0.2) is 0 Å². The van der Waals surface area contributed by atoms with Crippen LogP contribution >= 0.6 is 11.6 Å². The molecule has 0 aliphatic rings. The van der Waals surface area contributed by atoms with Crippen LogP contribution < -0.4 is 10.5 Å². The third-order valence-corrected chi connectivity index (χ3v) is 2.75. The molecular weight excluding hydrogens is 222 g/mol. The van der Waals surface area contributed by atoms with Crippen LogP contribution in [0.1, 0.15) is 30.9 Å². The van der Waals surface area contributed by atoms with Crippen molar-refractivity contribution in [2.75, 3.05) is 7.11 Å². The minimum absolute atomic E-state index is 0.00725. The minimum Gasteiger partial charge on any atom is -0.496 e. The Balaban J connectivity index is 2.73. The lowest BCUT2D eigenvalue weighted by Gasteiger charge is -2.15. The summed E-state index contributed by atoms with van der Waals surface area (Å²) in [5.74, 6) is 0.763. The summed E-state index contributed by atoms with van der Waals surface area (Å²) in [6, 6.07) is 5.56. The minimum atomic E-state index is -0.00725. The number of benzene rings is 1. The largest absolute Gasteiger partial charge is 0.496 e. The highest BCUT2D eigenvalue weighted by Gasteiger charge is 2.11. The molecule has 0 saturated heterocycles. The van der Waals surface area contributed by atoms with Crippen LogP contribution in [0.3, 0.4) is 0 Å². The first-order chi connectivity index (χ1) is 7.69. The van der Waals surface area contributed by atoms with Gasteiger partial charge in [0.2, 0.25) is 0 Å². The molecule has 0 amide bonds. The van der Waals surface area contributed by atoms with Gasteiger partial charge >= 0.3 is 0 Å². The van der Waals surface area contributed by atoms with Gasteiger partial charge in [0, 0.05) is 16.6 Å². The molecule has 0 fully saturated rings. The van der Waals surface area contributed by atoms with E-state index in [4.69, 9.17) is 22.1 Å². The van der Waals surface area contributed by atoms with Gasteiger partial charge in [-0.15, -0.1) is 6.58 Å². The topological polar surface area (TPSA) is 35.2 Å². The van der Waals surface area contributed by atoms with E-state index in [2.05, 4.69) is 6.58 Å². The van der Waals surface area contributed by atoms with E-state index in [1.54, 1.807) is 13.2 Å². The molecule has 0 saturated carbocycles. The molecule has 2 nitrogen and oxygen atoms in total. The van der Waals surface area contributed by atoms with E-state index in [9.17, 15) is 0 Å². The van der Waals surface area contributed by atoms with Crippen LogP contribution in [-0.2, 0) is 0 Å². The Morgan fingerprint density at radius 2 is 2.31 bits per heavy atom. The number of hydrogen-bond donors (Lipinski definition) is 1. The van der Waals surface area contributed by atoms with Crippen molar-refractivity contribution >= 4 is 11.6 Å².